The third kappa shape index (κ3) is 4.96. The van der Waals surface area contributed by atoms with Crippen molar-refractivity contribution >= 4 is 29.1 Å². The lowest BCUT2D eigenvalue weighted by Crippen LogP contribution is -2.23. The molecular formula is C20H20N4O5. The van der Waals surface area contributed by atoms with Crippen molar-refractivity contribution in [1.82, 2.24) is 14.7 Å². The molecule has 0 unspecified atom stereocenters. The zero-order valence-electron chi connectivity index (χ0n) is 16.0. The van der Waals surface area contributed by atoms with E-state index in [-0.39, 0.29) is 36.2 Å². The molecule has 2 aromatic heterocycles. The topological polar surface area (TPSA) is 111 Å². The molecule has 0 atom stereocenters. The van der Waals surface area contributed by atoms with E-state index < -0.39 is 5.97 Å². The van der Waals surface area contributed by atoms with Crippen LogP contribution in [0.3, 0.4) is 0 Å². The molecule has 9 heteroatoms. The average molecular weight is 396 g/mol. The van der Waals surface area contributed by atoms with E-state index in [1.54, 1.807) is 35.0 Å². The van der Waals surface area contributed by atoms with Gasteiger partial charge in [-0.15, -0.1) is 0 Å². The summed E-state index contributed by atoms with van der Waals surface area (Å²) in [5, 5.41) is 5.40. The van der Waals surface area contributed by atoms with Crippen molar-refractivity contribution in [3.63, 3.8) is 0 Å². The zero-order valence-corrected chi connectivity index (χ0v) is 16.0. The van der Waals surface area contributed by atoms with E-state index in [4.69, 9.17) is 9.47 Å². The van der Waals surface area contributed by atoms with Gasteiger partial charge in [-0.05, 0) is 35.9 Å². The number of methoxy groups -OCH3 is 2. The molecule has 0 spiro atoms. The van der Waals surface area contributed by atoms with Crippen LogP contribution in [0.5, 0.6) is 0 Å². The van der Waals surface area contributed by atoms with Gasteiger partial charge in [-0.3, -0.25) is 9.59 Å². The standard InChI is InChI=1S/C20H20N4O5/c1-28-12-18(25)22-15-8-13(7-14(9-15)20(27)29-2)10-21-19(26)16-11-24-6-4-3-5-17(24)23-16/h3-9,11H,10,12H2,1-2H3,(H,21,26)(H,22,25). The predicted octanol–water partition coefficient (Wildman–Crippen LogP) is 1.64. The quantitative estimate of drug-likeness (QED) is 0.588. The Morgan fingerprint density at radius 2 is 1.97 bits per heavy atom. The van der Waals surface area contributed by atoms with Gasteiger partial charge in [0, 0.05) is 31.7 Å². The van der Waals surface area contributed by atoms with Gasteiger partial charge >= 0.3 is 5.97 Å². The second-order valence-corrected chi connectivity index (χ2v) is 6.17. The Morgan fingerprint density at radius 1 is 1.14 bits per heavy atom. The molecule has 1 aromatic carbocycles. The number of nitrogens with zero attached hydrogens (tertiary/aromatic N) is 2. The lowest BCUT2D eigenvalue weighted by molar-refractivity contribution is -0.119. The van der Waals surface area contributed by atoms with Crippen LogP contribution in [0.2, 0.25) is 0 Å². The summed E-state index contributed by atoms with van der Waals surface area (Å²) < 4.78 is 11.3. The molecule has 0 radical (unpaired) electrons. The highest BCUT2D eigenvalue weighted by molar-refractivity contribution is 5.95. The maximum Gasteiger partial charge on any atom is 0.337 e. The van der Waals surface area contributed by atoms with Gasteiger partial charge in [-0.25, -0.2) is 9.78 Å². The molecule has 9 nitrogen and oxygen atoms in total. The van der Waals surface area contributed by atoms with Crippen LogP contribution in [0.4, 0.5) is 5.69 Å². The molecule has 2 N–H and O–H groups in total. The number of pyridine rings is 1. The number of imidazole rings is 1. The van der Waals surface area contributed by atoms with Crippen molar-refractivity contribution in [3.05, 3.63) is 65.6 Å². The van der Waals surface area contributed by atoms with Gasteiger partial charge in [0.25, 0.3) is 5.91 Å². The van der Waals surface area contributed by atoms with E-state index in [0.29, 0.717) is 16.9 Å². The number of aromatic nitrogens is 2. The number of esters is 1. The Bertz CT molecular complexity index is 1030. The maximum absolute atomic E-state index is 12.4. The number of anilines is 1. The molecule has 0 fully saturated rings. The first-order chi connectivity index (χ1) is 14.0. The minimum Gasteiger partial charge on any atom is -0.465 e. The fraction of sp³-hybridized carbons (Fsp3) is 0.200. The highest BCUT2D eigenvalue weighted by Gasteiger charge is 2.13. The van der Waals surface area contributed by atoms with E-state index in [1.165, 1.54) is 20.3 Å². The fourth-order valence-corrected chi connectivity index (χ4v) is 2.75. The highest BCUT2D eigenvalue weighted by Crippen LogP contribution is 2.16. The fourth-order valence-electron chi connectivity index (χ4n) is 2.75. The van der Waals surface area contributed by atoms with Gasteiger partial charge in [0.1, 0.15) is 17.9 Å². The van der Waals surface area contributed by atoms with Gasteiger partial charge < -0.3 is 24.5 Å². The predicted molar refractivity (Wildman–Crippen MR) is 105 cm³/mol. The third-order valence-electron chi connectivity index (χ3n) is 4.02. The number of amides is 2. The van der Waals surface area contributed by atoms with Crippen LogP contribution in [0.15, 0.2) is 48.8 Å². The van der Waals surface area contributed by atoms with E-state index >= 15 is 0 Å². The molecule has 150 valence electrons. The minimum atomic E-state index is -0.555. The number of carbonyl (C=O) groups is 3. The summed E-state index contributed by atoms with van der Waals surface area (Å²) in [4.78, 5) is 40.4. The summed E-state index contributed by atoms with van der Waals surface area (Å²) in [5.41, 5.74) is 2.19. The number of nitrogens with one attached hydrogen (secondary N) is 2. The number of ether oxygens (including phenoxy) is 2. The molecule has 0 aliphatic heterocycles. The van der Waals surface area contributed by atoms with E-state index in [9.17, 15) is 14.4 Å². The zero-order chi connectivity index (χ0) is 20.8. The van der Waals surface area contributed by atoms with Crippen molar-refractivity contribution < 1.29 is 23.9 Å². The molecule has 0 saturated heterocycles. The first-order valence-corrected chi connectivity index (χ1v) is 8.73. The summed E-state index contributed by atoms with van der Waals surface area (Å²) in [7, 11) is 2.67. The molecule has 0 aliphatic carbocycles. The Kier molecular flexibility index (Phi) is 6.20. The average Bonchev–Trinajstić information content (AvgIpc) is 3.15. The smallest absolute Gasteiger partial charge is 0.337 e. The van der Waals surface area contributed by atoms with Crippen LogP contribution in [-0.4, -0.2) is 48.0 Å². The molecule has 0 bridgehead atoms. The Balaban J connectivity index is 1.76. The van der Waals surface area contributed by atoms with Crippen molar-refractivity contribution in [2.24, 2.45) is 0 Å². The van der Waals surface area contributed by atoms with Crippen LogP contribution in [0.1, 0.15) is 26.4 Å². The summed E-state index contributed by atoms with van der Waals surface area (Å²) >= 11 is 0. The number of hydrogen-bond donors (Lipinski definition) is 2. The van der Waals surface area contributed by atoms with Gasteiger partial charge in [0.2, 0.25) is 5.91 Å². The van der Waals surface area contributed by atoms with Crippen molar-refractivity contribution in [1.29, 1.82) is 0 Å². The Labute approximate surface area is 166 Å². The highest BCUT2D eigenvalue weighted by atomic mass is 16.5. The van der Waals surface area contributed by atoms with Crippen LogP contribution >= 0.6 is 0 Å². The summed E-state index contributed by atoms with van der Waals surface area (Å²) in [6, 6.07) is 10.2. The molecule has 0 saturated carbocycles. The van der Waals surface area contributed by atoms with Crippen LogP contribution < -0.4 is 10.6 Å². The normalized spacial score (nSPS) is 10.6. The second-order valence-electron chi connectivity index (χ2n) is 6.17. The van der Waals surface area contributed by atoms with Gasteiger partial charge in [0.15, 0.2) is 0 Å². The van der Waals surface area contributed by atoms with E-state index in [1.807, 2.05) is 12.1 Å². The first kappa shape index (κ1) is 20.0. The maximum atomic E-state index is 12.4. The largest absolute Gasteiger partial charge is 0.465 e. The van der Waals surface area contributed by atoms with Crippen LogP contribution in [0, 0.1) is 0 Å². The second kappa shape index (κ2) is 8.98. The van der Waals surface area contributed by atoms with E-state index in [0.717, 1.165) is 0 Å². The van der Waals surface area contributed by atoms with Crippen molar-refractivity contribution in [3.8, 4) is 0 Å². The number of rotatable bonds is 7. The number of carbonyl (C=O) groups excluding carboxylic acids is 3. The van der Waals surface area contributed by atoms with Gasteiger partial charge in [-0.1, -0.05) is 6.07 Å². The molecule has 3 rings (SSSR count). The summed E-state index contributed by atoms with van der Waals surface area (Å²) in [6.45, 7) is 0.00704. The Hall–Kier alpha value is -3.72. The lowest BCUT2D eigenvalue weighted by atomic mass is 10.1. The molecule has 0 aliphatic rings. The van der Waals surface area contributed by atoms with E-state index in [2.05, 4.69) is 15.6 Å². The number of benzene rings is 1. The third-order valence-corrected chi connectivity index (χ3v) is 4.02. The van der Waals surface area contributed by atoms with Crippen molar-refractivity contribution in [2.45, 2.75) is 6.54 Å². The monoisotopic (exact) mass is 396 g/mol. The molecule has 3 aromatic rings. The SMILES string of the molecule is COCC(=O)Nc1cc(CNC(=O)c2cn3ccccc3n2)cc(C(=O)OC)c1. The van der Waals surface area contributed by atoms with Gasteiger partial charge in [-0.2, -0.15) is 0 Å². The summed E-state index contributed by atoms with van der Waals surface area (Å²) in [5.74, 6) is -1.28. The molecular weight excluding hydrogens is 376 g/mol. The van der Waals surface area contributed by atoms with Crippen LogP contribution in [0.25, 0.3) is 5.65 Å². The molecule has 29 heavy (non-hydrogen) atoms. The molecule has 2 amide bonds. The Morgan fingerprint density at radius 3 is 2.69 bits per heavy atom. The number of fused-ring (bicyclic) bond motifs is 1. The number of hydrogen-bond acceptors (Lipinski definition) is 6. The molecule has 2 heterocycles. The van der Waals surface area contributed by atoms with Crippen LogP contribution in [-0.2, 0) is 20.8 Å². The van der Waals surface area contributed by atoms with Crippen molar-refractivity contribution in [2.75, 3.05) is 26.1 Å². The lowest BCUT2D eigenvalue weighted by Gasteiger charge is -2.11. The minimum absolute atomic E-state index is 0.123. The summed E-state index contributed by atoms with van der Waals surface area (Å²) in [6.07, 6.45) is 3.43. The van der Waals surface area contributed by atoms with Gasteiger partial charge in [0.05, 0.1) is 12.7 Å². The first-order valence-electron chi connectivity index (χ1n) is 8.73.